The van der Waals surface area contributed by atoms with E-state index in [1.807, 2.05) is 30.3 Å². The van der Waals surface area contributed by atoms with E-state index in [4.69, 9.17) is 4.74 Å². The first-order valence-electron chi connectivity index (χ1n) is 12.8. The highest BCUT2D eigenvalue weighted by molar-refractivity contribution is 5.82. The molecule has 2 aliphatic rings. The second-order valence-corrected chi connectivity index (χ2v) is 9.64. The number of carbonyl (C=O) groups excluding carboxylic acids is 1. The lowest BCUT2D eigenvalue weighted by Crippen LogP contribution is -2.48. The van der Waals surface area contributed by atoms with E-state index in [2.05, 4.69) is 57.4 Å². The van der Waals surface area contributed by atoms with Gasteiger partial charge < -0.3 is 15.4 Å². The third-order valence-corrected chi connectivity index (χ3v) is 7.24. The second-order valence-electron chi connectivity index (χ2n) is 9.64. The van der Waals surface area contributed by atoms with Crippen LogP contribution < -0.4 is 15.4 Å². The van der Waals surface area contributed by atoms with E-state index in [0.29, 0.717) is 25.7 Å². The van der Waals surface area contributed by atoms with Gasteiger partial charge in [-0.15, -0.1) is 0 Å². The Kier molecular flexibility index (Phi) is 7.74. The van der Waals surface area contributed by atoms with E-state index >= 15 is 0 Å². The van der Waals surface area contributed by atoms with Crippen LogP contribution in [0.2, 0.25) is 0 Å². The van der Waals surface area contributed by atoms with Crippen LogP contribution in [-0.2, 0) is 30.7 Å². The average molecular weight is 483 g/mol. The molecular weight excluding hydrogens is 448 g/mol. The summed E-state index contributed by atoms with van der Waals surface area (Å²) < 4.78 is 5.84. The number of fused-ring (bicyclic) bond motifs is 1. The molecule has 6 nitrogen and oxygen atoms in total. The Morgan fingerprint density at radius 1 is 1.06 bits per heavy atom. The van der Waals surface area contributed by atoms with E-state index in [9.17, 15) is 4.79 Å². The molecule has 1 aliphatic heterocycles. The topological polar surface area (TPSA) is 66.5 Å². The van der Waals surface area contributed by atoms with Crippen LogP contribution in [0.25, 0.3) is 0 Å². The zero-order valence-electron chi connectivity index (χ0n) is 20.6. The molecule has 0 radical (unpaired) electrons. The predicted octanol–water partition coefficient (Wildman–Crippen LogP) is 3.66. The Balaban J connectivity index is 1.27. The van der Waals surface area contributed by atoms with E-state index in [-0.39, 0.29) is 18.0 Å². The lowest BCUT2D eigenvalue weighted by Gasteiger charge is -2.29. The molecule has 36 heavy (non-hydrogen) atoms. The fourth-order valence-electron chi connectivity index (χ4n) is 5.44. The smallest absolute Gasteiger partial charge is 0.237 e. The van der Waals surface area contributed by atoms with Crippen LogP contribution in [0.3, 0.4) is 0 Å². The number of ether oxygens (including phenoxy) is 1. The molecule has 1 saturated heterocycles. The molecule has 5 rings (SSSR count). The van der Waals surface area contributed by atoms with Gasteiger partial charge in [-0.1, -0.05) is 61.2 Å². The van der Waals surface area contributed by atoms with Gasteiger partial charge in [0.25, 0.3) is 0 Å². The quantitative estimate of drug-likeness (QED) is 0.432. The molecule has 6 heteroatoms. The van der Waals surface area contributed by atoms with Crippen molar-refractivity contribution in [2.24, 2.45) is 0 Å². The lowest BCUT2D eigenvalue weighted by atomic mass is 10.1. The number of rotatable bonds is 10. The fourth-order valence-corrected chi connectivity index (χ4v) is 5.44. The van der Waals surface area contributed by atoms with E-state index < -0.39 is 0 Å². The van der Waals surface area contributed by atoms with Crippen molar-refractivity contribution in [3.63, 3.8) is 0 Å². The van der Waals surface area contributed by atoms with Gasteiger partial charge in [-0.3, -0.25) is 14.7 Å². The molecular formula is C30H34N4O2. The first-order chi connectivity index (χ1) is 17.7. The molecule has 1 fully saturated rings. The van der Waals surface area contributed by atoms with Crippen LogP contribution in [0, 0.1) is 0 Å². The molecule has 2 heterocycles. The molecule has 0 saturated carbocycles. The summed E-state index contributed by atoms with van der Waals surface area (Å²) in [4.78, 5) is 20.0. The van der Waals surface area contributed by atoms with E-state index in [1.165, 1.54) is 11.1 Å². The van der Waals surface area contributed by atoms with Gasteiger partial charge in [0.15, 0.2) is 0 Å². The highest BCUT2D eigenvalue weighted by Gasteiger charge is 2.41. The predicted molar refractivity (Wildman–Crippen MR) is 142 cm³/mol. The monoisotopic (exact) mass is 482 g/mol. The number of hydrogen-bond donors (Lipinski definition) is 2. The highest BCUT2D eigenvalue weighted by atomic mass is 16.5. The summed E-state index contributed by atoms with van der Waals surface area (Å²) in [5, 5.41) is 6.87. The lowest BCUT2D eigenvalue weighted by molar-refractivity contribution is -0.126. The van der Waals surface area contributed by atoms with Gasteiger partial charge in [0, 0.05) is 49.7 Å². The fraction of sp³-hybridized carbons (Fsp3) is 0.333. The van der Waals surface area contributed by atoms with Crippen molar-refractivity contribution < 1.29 is 9.53 Å². The standard InChI is InChI=1S/C30H34N4O2/c1-2-14-36-29-12-6-5-11-25(29)20-32-26-17-28(30(35)33-19-22-8-7-13-31-18-22)34(21-26)27-15-23-9-3-4-10-24(23)16-27/h2-13,18,26-28,32H,1,14-17,19-21H2,(H,33,35)/t26-,28-/m0/s1. The summed E-state index contributed by atoms with van der Waals surface area (Å²) in [7, 11) is 0. The van der Waals surface area contributed by atoms with Crippen LogP contribution in [0.15, 0.2) is 85.7 Å². The van der Waals surface area contributed by atoms with Gasteiger partial charge in [0.05, 0.1) is 6.04 Å². The SMILES string of the molecule is C=CCOc1ccccc1CN[C@H]1C[C@@H](C(=O)NCc2cccnc2)N(C2Cc3ccccc3C2)C1. The maximum atomic E-state index is 13.4. The number of benzene rings is 2. The number of amides is 1. The number of para-hydroxylation sites is 1. The van der Waals surface area contributed by atoms with Gasteiger partial charge in [0.2, 0.25) is 5.91 Å². The minimum atomic E-state index is -0.161. The molecule has 1 aromatic heterocycles. The Hall–Kier alpha value is -3.48. The zero-order chi connectivity index (χ0) is 24.7. The molecule has 0 unspecified atom stereocenters. The minimum absolute atomic E-state index is 0.0915. The van der Waals surface area contributed by atoms with Gasteiger partial charge >= 0.3 is 0 Å². The second kappa shape index (κ2) is 11.5. The summed E-state index contributed by atoms with van der Waals surface area (Å²) in [5.41, 5.74) is 4.93. The van der Waals surface area contributed by atoms with Crippen molar-refractivity contribution in [1.29, 1.82) is 0 Å². The van der Waals surface area contributed by atoms with Gasteiger partial charge in [0.1, 0.15) is 12.4 Å². The molecule has 2 aromatic carbocycles. The minimum Gasteiger partial charge on any atom is -0.489 e. The summed E-state index contributed by atoms with van der Waals surface area (Å²) in [5.74, 6) is 0.964. The Morgan fingerprint density at radius 3 is 2.58 bits per heavy atom. The number of pyridine rings is 1. The van der Waals surface area contributed by atoms with Gasteiger partial charge in [-0.2, -0.15) is 0 Å². The van der Waals surface area contributed by atoms with Crippen molar-refractivity contribution in [2.45, 2.75) is 50.5 Å². The van der Waals surface area contributed by atoms with Crippen LogP contribution in [0.4, 0.5) is 0 Å². The summed E-state index contributed by atoms with van der Waals surface area (Å²) in [6, 6.07) is 21.0. The number of nitrogens with zero attached hydrogens (tertiary/aromatic N) is 2. The van der Waals surface area contributed by atoms with Crippen LogP contribution >= 0.6 is 0 Å². The molecule has 0 spiro atoms. The Labute approximate surface area is 213 Å². The number of aromatic nitrogens is 1. The normalized spacial score (nSPS) is 19.7. The van der Waals surface area contributed by atoms with Gasteiger partial charge in [-0.25, -0.2) is 0 Å². The number of hydrogen-bond acceptors (Lipinski definition) is 5. The van der Waals surface area contributed by atoms with Crippen molar-refractivity contribution in [3.05, 3.63) is 108 Å². The summed E-state index contributed by atoms with van der Waals surface area (Å²) >= 11 is 0. The first kappa shape index (κ1) is 24.2. The van der Waals surface area contributed by atoms with Crippen LogP contribution in [-0.4, -0.2) is 47.1 Å². The van der Waals surface area contributed by atoms with Crippen molar-refractivity contribution in [3.8, 4) is 5.75 Å². The molecule has 0 bridgehead atoms. The summed E-state index contributed by atoms with van der Waals surface area (Å²) in [6.45, 7) is 6.26. The highest BCUT2D eigenvalue weighted by Crippen LogP contribution is 2.31. The molecule has 1 amide bonds. The number of likely N-dealkylation sites (tertiary alicyclic amines) is 1. The maximum absolute atomic E-state index is 13.4. The molecule has 186 valence electrons. The largest absolute Gasteiger partial charge is 0.489 e. The molecule has 1 aliphatic carbocycles. The van der Waals surface area contributed by atoms with Gasteiger partial charge in [-0.05, 0) is 48.1 Å². The Bertz CT molecular complexity index is 1160. The Morgan fingerprint density at radius 2 is 1.83 bits per heavy atom. The van der Waals surface area contributed by atoms with Crippen molar-refractivity contribution in [1.82, 2.24) is 20.5 Å². The maximum Gasteiger partial charge on any atom is 0.237 e. The number of carbonyl (C=O) groups is 1. The van der Waals surface area contributed by atoms with Crippen LogP contribution in [0.1, 0.15) is 28.7 Å². The van der Waals surface area contributed by atoms with E-state index in [1.54, 1.807) is 18.5 Å². The van der Waals surface area contributed by atoms with Crippen molar-refractivity contribution >= 4 is 5.91 Å². The molecule has 3 aromatic rings. The van der Waals surface area contributed by atoms with Crippen molar-refractivity contribution in [2.75, 3.05) is 13.2 Å². The first-order valence-corrected chi connectivity index (χ1v) is 12.8. The van der Waals surface area contributed by atoms with Crippen LogP contribution in [0.5, 0.6) is 5.75 Å². The third-order valence-electron chi connectivity index (χ3n) is 7.24. The third kappa shape index (κ3) is 5.66. The molecule has 2 N–H and O–H groups in total. The van der Waals surface area contributed by atoms with E-state index in [0.717, 1.165) is 42.7 Å². The summed E-state index contributed by atoms with van der Waals surface area (Å²) in [6.07, 6.45) is 8.07. The molecule has 2 atom stereocenters. The average Bonchev–Trinajstić information content (AvgIpc) is 3.55. The number of nitrogens with one attached hydrogen (secondary N) is 2. The zero-order valence-corrected chi connectivity index (χ0v) is 20.6.